The first kappa shape index (κ1) is 11.2. The van der Waals surface area contributed by atoms with Gasteiger partial charge >= 0.3 is 0 Å². The van der Waals surface area contributed by atoms with Gasteiger partial charge in [0.2, 0.25) is 9.84 Å². The molecule has 0 fully saturated rings. The van der Waals surface area contributed by atoms with Gasteiger partial charge < -0.3 is 10.8 Å². The van der Waals surface area contributed by atoms with Crippen LogP contribution in [0.3, 0.4) is 0 Å². The topological polar surface area (TPSA) is 80.4 Å². The maximum atomic E-state index is 12.1. The van der Waals surface area contributed by atoms with E-state index in [2.05, 4.69) is 0 Å². The summed E-state index contributed by atoms with van der Waals surface area (Å²) in [5, 5.41) is 9.30. The zero-order valence-corrected chi connectivity index (χ0v) is 9.66. The van der Waals surface area contributed by atoms with E-state index in [1.54, 1.807) is 19.1 Å². The molecule has 1 aliphatic heterocycles. The highest BCUT2D eigenvalue weighted by Gasteiger charge is 2.32. The first-order chi connectivity index (χ1) is 7.46. The van der Waals surface area contributed by atoms with Crippen molar-refractivity contribution in [3.05, 3.63) is 28.7 Å². The first-order valence-electron chi connectivity index (χ1n) is 4.96. The molecular formula is C11H13NO3S. The Hall–Kier alpha value is -1.33. The van der Waals surface area contributed by atoms with Crippen molar-refractivity contribution in [2.45, 2.75) is 11.8 Å². The van der Waals surface area contributed by atoms with Crippen LogP contribution in [0.2, 0.25) is 0 Å². The van der Waals surface area contributed by atoms with E-state index in [-0.39, 0.29) is 23.1 Å². The molecule has 16 heavy (non-hydrogen) atoms. The van der Waals surface area contributed by atoms with Crippen LogP contribution in [-0.4, -0.2) is 20.1 Å². The van der Waals surface area contributed by atoms with Gasteiger partial charge in [-0.15, -0.1) is 0 Å². The quantitative estimate of drug-likeness (QED) is 0.810. The van der Waals surface area contributed by atoms with Crippen molar-refractivity contribution in [3.63, 3.8) is 0 Å². The predicted molar refractivity (Wildman–Crippen MR) is 61.5 cm³/mol. The van der Waals surface area contributed by atoms with E-state index in [1.165, 1.54) is 12.1 Å². The van der Waals surface area contributed by atoms with Gasteiger partial charge in [-0.2, -0.15) is 0 Å². The van der Waals surface area contributed by atoms with Crippen molar-refractivity contribution in [2.24, 2.45) is 11.7 Å². The highest BCUT2D eigenvalue weighted by atomic mass is 32.2. The molecule has 2 rings (SSSR count). The van der Waals surface area contributed by atoms with Crippen LogP contribution in [0.25, 0.3) is 6.08 Å². The molecule has 0 amide bonds. The van der Waals surface area contributed by atoms with Gasteiger partial charge in [-0.05, 0) is 36.4 Å². The standard InChI is InChI=1S/C11H13NO3S/c1-7(6-12)10-4-8-2-3-9(13)5-11(8)16(10,14)15/h2-5,7,13H,6,12H2,1H3. The molecule has 0 aromatic heterocycles. The molecular weight excluding hydrogens is 226 g/mol. The molecule has 0 bridgehead atoms. The summed E-state index contributed by atoms with van der Waals surface area (Å²) in [5.74, 6) is -0.253. The third-order valence-electron chi connectivity index (χ3n) is 2.73. The molecule has 0 radical (unpaired) electrons. The summed E-state index contributed by atoms with van der Waals surface area (Å²) in [4.78, 5) is 0.499. The summed E-state index contributed by atoms with van der Waals surface area (Å²) < 4.78 is 24.2. The maximum Gasteiger partial charge on any atom is 0.203 e. The normalized spacial score (nSPS) is 19.0. The lowest BCUT2D eigenvalue weighted by Crippen LogP contribution is -2.17. The van der Waals surface area contributed by atoms with E-state index in [9.17, 15) is 13.5 Å². The van der Waals surface area contributed by atoms with Gasteiger partial charge in [0.15, 0.2) is 0 Å². The maximum absolute atomic E-state index is 12.1. The third-order valence-corrected chi connectivity index (χ3v) is 4.81. The van der Waals surface area contributed by atoms with Crippen molar-refractivity contribution in [1.29, 1.82) is 0 Å². The SMILES string of the molecule is CC(CN)C1=Cc2ccc(O)cc2S1(=O)=O. The van der Waals surface area contributed by atoms with E-state index in [0.717, 1.165) is 0 Å². The third kappa shape index (κ3) is 1.52. The molecule has 0 spiro atoms. The van der Waals surface area contributed by atoms with Crippen LogP contribution in [0.4, 0.5) is 0 Å². The Morgan fingerprint density at radius 1 is 1.44 bits per heavy atom. The zero-order chi connectivity index (χ0) is 11.9. The summed E-state index contributed by atoms with van der Waals surface area (Å²) in [7, 11) is -3.46. The van der Waals surface area contributed by atoms with Crippen LogP contribution in [0.1, 0.15) is 12.5 Å². The Morgan fingerprint density at radius 3 is 2.75 bits per heavy atom. The van der Waals surface area contributed by atoms with E-state index in [1.807, 2.05) is 0 Å². The van der Waals surface area contributed by atoms with Crippen LogP contribution >= 0.6 is 0 Å². The Labute approximate surface area is 94.3 Å². The predicted octanol–water partition coefficient (Wildman–Crippen LogP) is 1.12. The molecule has 1 aromatic rings. The average Bonchev–Trinajstić information content (AvgIpc) is 2.50. The van der Waals surface area contributed by atoms with Crippen LogP contribution in [0, 0.1) is 5.92 Å². The highest BCUT2D eigenvalue weighted by molar-refractivity contribution is 7.95. The lowest BCUT2D eigenvalue weighted by Gasteiger charge is -2.09. The number of sulfone groups is 1. The molecule has 1 atom stereocenters. The Morgan fingerprint density at radius 2 is 2.12 bits per heavy atom. The Balaban J connectivity index is 2.60. The first-order valence-corrected chi connectivity index (χ1v) is 6.45. The van der Waals surface area contributed by atoms with Crippen LogP contribution < -0.4 is 5.73 Å². The highest BCUT2D eigenvalue weighted by Crippen LogP contribution is 2.37. The number of nitrogens with two attached hydrogens (primary N) is 1. The molecule has 5 heteroatoms. The number of benzene rings is 1. The molecule has 1 aliphatic rings. The van der Waals surface area contributed by atoms with E-state index < -0.39 is 9.84 Å². The number of phenols is 1. The van der Waals surface area contributed by atoms with Gasteiger partial charge in [-0.25, -0.2) is 8.42 Å². The van der Waals surface area contributed by atoms with Gasteiger partial charge in [-0.1, -0.05) is 6.92 Å². The van der Waals surface area contributed by atoms with Gasteiger partial charge in [0.25, 0.3) is 0 Å². The zero-order valence-electron chi connectivity index (χ0n) is 8.84. The minimum absolute atomic E-state index is 0.0441. The summed E-state index contributed by atoms with van der Waals surface area (Å²) >= 11 is 0. The Bertz CT molecular complexity index is 561. The molecule has 4 nitrogen and oxygen atoms in total. The molecule has 0 saturated heterocycles. The van der Waals surface area contributed by atoms with E-state index in [4.69, 9.17) is 5.73 Å². The van der Waals surface area contributed by atoms with E-state index >= 15 is 0 Å². The molecule has 1 unspecified atom stereocenters. The van der Waals surface area contributed by atoms with Crippen molar-refractivity contribution in [1.82, 2.24) is 0 Å². The van der Waals surface area contributed by atoms with Crippen molar-refractivity contribution >= 4 is 15.9 Å². The average molecular weight is 239 g/mol. The number of hydrogen-bond donors (Lipinski definition) is 2. The van der Waals surface area contributed by atoms with E-state index in [0.29, 0.717) is 10.5 Å². The number of phenolic OH excluding ortho intramolecular Hbond substituents is 1. The summed E-state index contributed by atoms with van der Waals surface area (Å²) in [5.41, 5.74) is 6.10. The van der Waals surface area contributed by atoms with Crippen molar-refractivity contribution < 1.29 is 13.5 Å². The number of fused-ring (bicyclic) bond motifs is 1. The number of hydrogen-bond acceptors (Lipinski definition) is 4. The second-order valence-corrected chi connectivity index (χ2v) is 5.83. The smallest absolute Gasteiger partial charge is 0.203 e. The fraction of sp³-hybridized carbons (Fsp3) is 0.273. The van der Waals surface area contributed by atoms with Gasteiger partial charge in [-0.3, -0.25) is 0 Å². The molecule has 86 valence electrons. The summed E-state index contributed by atoms with van der Waals surface area (Å²) in [6.07, 6.45) is 1.63. The van der Waals surface area contributed by atoms with Crippen LogP contribution in [0.15, 0.2) is 28.0 Å². The number of aromatic hydroxyl groups is 1. The number of rotatable bonds is 2. The van der Waals surface area contributed by atoms with Crippen molar-refractivity contribution in [2.75, 3.05) is 6.54 Å². The molecule has 3 N–H and O–H groups in total. The Kier molecular flexibility index (Phi) is 2.52. The van der Waals surface area contributed by atoms with Gasteiger partial charge in [0, 0.05) is 5.92 Å². The fourth-order valence-corrected chi connectivity index (χ4v) is 3.63. The molecule has 0 aliphatic carbocycles. The van der Waals surface area contributed by atoms with Crippen LogP contribution in [0.5, 0.6) is 5.75 Å². The summed E-state index contributed by atoms with van der Waals surface area (Å²) in [6, 6.07) is 4.34. The molecule has 1 aromatic carbocycles. The fourth-order valence-electron chi connectivity index (χ4n) is 1.76. The molecule has 1 heterocycles. The molecule has 0 saturated carbocycles. The minimum atomic E-state index is -3.46. The minimum Gasteiger partial charge on any atom is -0.508 e. The van der Waals surface area contributed by atoms with Crippen molar-refractivity contribution in [3.8, 4) is 5.75 Å². The van der Waals surface area contributed by atoms with Gasteiger partial charge in [0.1, 0.15) is 5.75 Å². The largest absolute Gasteiger partial charge is 0.508 e. The second kappa shape index (κ2) is 3.61. The second-order valence-electron chi connectivity index (χ2n) is 3.91. The lowest BCUT2D eigenvalue weighted by atomic mass is 10.1. The monoisotopic (exact) mass is 239 g/mol. The van der Waals surface area contributed by atoms with Gasteiger partial charge in [0.05, 0.1) is 9.80 Å². The summed E-state index contributed by atoms with van der Waals surface area (Å²) in [6.45, 7) is 2.06. The van der Waals surface area contributed by atoms with Crippen LogP contribution in [-0.2, 0) is 9.84 Å². The lowest BCUT2D eigenvalue weighted by molar-refractivity contribution is 0.473.